The number of rotatable bonds is 8. The molecular weight excluding hydrogens is 517 g/mol. The monoisotopic (exact) mass is 544 g/mol. The van der Waals surface area contributed by atoms with Crippen molar-refractivity contribution in [1.29, 1.82) is 0 Å². The van der Waals surface area contributed by atoms with E-state index < -0.39 is 29.2 Å². The molecule has 1 N–H and O–H groups in total. The third kappa shape index (κ3) is 6.58. The Morgan fingerprint density at radius 3 is 2.68 bits per heavy atom. The molecule has 0 aliphatic carbocycles. The predicted octanol–water partition coefficient (Wildman–Crippen LogP) is 6.57. The number of halogens is 4. The van der Waals surface area contributed by atoms with Gasteiger partial charge in [-0.3, -0.25) is 14.7 Å². The van der Waals surface area contributed by atoms with Crippen LogP contribution in [-0.4, -0.2) is 47.7 Å². The quantitative estimate of drug-likeness (QED) is 0.325. The SMILES string of the molecule is COc1ccc2ncc(Cl)c([C@@H](F)CCC3(CC(=O)O)CCN(CC#Cc4ccc(F)cc4F)CC3)c2c1. The summed E-state index contributed by atoms with van der Waals surface area (Å²) < 4.78 is 47.9. The fourth-order valence-electron chi connectivity index (χ4n) is 5.05. The molecule has 5 nitrogen and oxygen atoms in total. The van der Waals surface area contributed by atoms with Crippen molar-refractivity contribution in [3.8, 4) is 17.6 Å². The van der Waals surface area contributed by atoms with E-state index in [4.69, 9.17) is 16.3 Å². The van der Waals surface area contributed by atoms with Crippen molar-refractivity contribution in [3.63, 3.8) is 0 Å². The maximum atomic E-state index is 15.7. The maximum Gasteiger partial charge on any atom is 0.303 e. The molecule has 0 amide bonds. The van der Waals surface area contributed by atoms with E-state index >= 15 is 4.39 Å². The number of hydrogen-bond donors (Lipinski definition) is 1. The van der Waals surface area contributed by atoms with Crippen LogP contribution in [0.25, 0.3) is 10.9 Å². The average Bonchev–Trinajstić information content (AvgIpc) is 2.89. The number of pyridine rings is 1. The fourth-order valence-corrected chi connectivity index (χ4v) is 5.32. The molecule has 9 heteroatoms. The molecule has 0 bridgehead atoms. The highest BCUT2D eigenvalue weighted by atomic mass is 35.5. The summed E-state index contributed by atoms with van der Waals surface area (Å²) in [6.45, 7) is 1.54. The van der Waals surface area contributed by atoms with E-state index in [9.17, 15) is 18.7 Å². The van der Waals surface area contributed by atoms with Crippen molar-refractivity contribution in [3.05, 3.63) is 70.4 Å². The molecule has 1 aliphatic heterocycles. The lowest BCUT2D eigenvalue weighted by Crippen LogP contribution is -2.41. The number of carbonyl (C=O) groups is 1. The number of carboxylic acids is 1. The van der Waals surface area contributed by atoms with Gasteiger partial charge in [0.25, 0.3) is 0 Å². The van der Waals surface area contributed by atoms with Crippen LogP contribution in [0, 0.1) is 28.9 Å². The summed E-state index contributed by atoms with van der Waals surface area (Å²) in [6, 6.07) is 8.45. The molecule has 38 heavy (non-hydrogen) atoms. The number of aromatic nitrogens is 1. The molecule has 1 aliphatic rings. The molecule has 1 fully saturated rings. The van der Waals surface area contributed by atoms with E-state index in [0.717, 1.165) is 12.1 Å². The Morgan fingerprint density at radius 1 is 1.24 bits per heavy atom. The van der Waals surface area contributed by atoms with E-state index in [2.05, 4.69) is 21.7 Å². The minimum atomic E-state index is -1.40. The Labute approximate surface area is 224 Å². The van der Waals surface area contributed by atoms with Crippen LogP contribution in [0.1, 0.15) is 49.4 Å². The highest BCUT2D eigenvalue weighted by Gasteiger charge is 2.37. The largest absolute Gasteiger partial charge is 0.497 e. The van der Waals surface area contributed by atoms with Crippen molar-refractivity contribution in [2.24, 2.45) is 5.41 Å². The number of likely N-dealkylation sites (tertiary alicyclic amines) is 1. The van der Waals surface area contributed by atoms with Crippen molar-refractivity contribution >= 4 is 28.5 Å². The van der Waals surface area contributed by atoms with E-state index in [0.29, 0.717) is 61.1 Å². The maximum absolute atomic E-state index is 15.7. The summed E-state index contributed by atoms with van der Waals surface area (Å²) in [5.74, 6) is 3.91. The van der Waals surface area contributed by atoms with Crippen LogP contribution in [0.2, 0.25) is 5.02 Å². The lowest BCUT2D eigenvalue weighted by molar-refractivity contribution is -0.141. The molecule has 1 atom stereocenters. The molecule has 2 heterocycles. The Kier molecular flexibility index (Phi) is 8.80. The van der Waals surface area contributed by atoms with Crippen LogP contribution in [0.3, 0.4) is 0 Å². The third-order valence-electron chi connectivity index (χ3n) is 7.21. The predicted molar refractivity (Wildman–Crippen MR) is 140 cm³/mol. The van der Waals surface area contributed by atoms with Gasteiger partial charge in [-0.15, -0.1) is 0 Å². The molecule has 0 spiro atoms. The number of aliphatic carboxylic acids is 1. The first kappa shape index (κ1) is 27.7. The van der Waals surface area contributed by atoms with Gasteiger partial charge in [0.2, 0.25) is 0 Å². The third-order valence-corrected chi connectivity index (χ3v) is 7.51. The Morgan fingerprint density at radius 2 is 2.00 bits per heavy atom. The molecule has 4 rings (SSSR count). The van der Waals surface area contributed by atoms with Gasteiger partial charge >= 0.3 is 5.97 Å². The van der Waals surface area contributed by atoms with Gasteiger partial charge in [0.05, 0.1) is 36.2 Å². The zero-order valence-corrected chi connectivity index (χ0v) is 21.7. The molecule has 1 aromatic heterocycles. The molecule has 3 aromatic rings. The smallest absolute Gasteiger partial charge is 0.303 e. The minimum Gasteiger partial charge on any atom is -0.497 e. The second kappa shape index (κ2) is 12.1. The number of carboxylic acid groups (broad SMARTS) is 1. The van der Waals surface area contributed by atoms with E-state index in [1.165, 1.54) is 19.4 Å². The van der Waals surface area contributed by atoms with Crippen LogP contribution < -0.4 is 4.74 Å². The van der Waals surface area contributed by atoms with Crippen molar-refractivity contribution in [2.45, 2.75) is 38.3 Å². The van der Waals surface area contributed by atoms with E-state index in [1.54, 1.807) is 18.2 Å². The van der Waals surface area contributed by atoms with Crippen LogP contribution >= 0.6 is 11.6 Å². The number of ether oxygens (including phenoxy) is 1. The van der Waals surface area contributed by atoms with Crippen LogP contribution in [-0.2, 0) is 4.79 Å². The summed E-state index contributed by atoms with van der Waals surface area (Å²) >= 11 is 6.36. The second-order valence-electron chi connectivity index (χ2n) is 9.68. The molecular formula is C29H28ClF3N2O3. The highest BCUT2D eigenvalue weighted by Crippen LogP contribution is 2.44. The number of alkyl halides is 1. The molecule has 200 valence electrons. The topological polar surface area (TPSA) is 62.7 Å². The summed E-state index contributed by atoms with van der Waals surface area (Å²) in [5, 5.41) is 10.4. The normalized spacial score (nSPS) is 16.0. The Hall–Kier alpha value is -3.28. The number of fused-ring (bicyclic) bond motifs is 1. The highest BCUT2D eigenvalue weighted by molar-refractivity contribution is 6.32. The number of piperidine rings is 1. The Bertz CT molecular complexity index is 1380. The van der Waals surface area contributed by atoms with Crippen LogP contribution in [0.15, 0.2) is 42.6 Å². The molecule has 1 saturated heterocycles. The average molecular weight is 545 g/mol. The summed E-state index contributed by atoms with van der Waals surface area (Å²) in [6.07, 6.45) is 1.61. The summed E-state index contributed by atoms with van der Waals surface area (Å²) in [4.78, 5) is 18.1. The molecule has 0 unspecified atom stereocenters. The van der Waals surface area contributed by atoms with Gasteiger partial charge in [-0.1, -0.05) is 23.4 Å². The Balaban J connectivity index is 1.43. The first-order valence-corrected chi connectivity index (χ1v) is 12.7. The van der Waals surface area contributed by atoms with Gasteiger partial charge in [-0.2, -0.15) is 0 Å². The van der Waals surface area contributed by atoms with Crippen LogP contribution in [0.5, 0.6) is 5.75 Å². The lowest BCUT2D eigenvalue weighted by Gasteiger charge is -2.41. The van der Waals surface area contributed by atoms with Crippen molar-refractivity contribution in [1.82, 2.24) is 9.88 Å². The molecule has 0 saturated carbocycles. The van der Waals surface area contributed by atoms with Crippen LogP contribution in [0.4, 0.5) is 13.2 Å². The number of methoxy groups -OCH3 is 1. The van der Waals surface area contributed by atoms with Gasteiger partial charge in [0, 0.05) is 23.2 Å². The number of nitrogens with zero attached hydrogens (tertiary/aromatic N) is 2. The lowest BCUT2D eigenvalue weighted by atomic mass is 9.71. The van der Waals surface area contributed by atoms with Gasteiger partial charge in [0.1, 0.15) is 23.6 Å². The first-order valence-electron chi connectivity index (χ1n) is 12.3. The van der Waals surface area contributed by atoms with E-state index in [1.807, 2.05) is 0 Å². The summed E-state index contributed by atoms with van der Waals surface area (Å²) in [5.41, 5.74) is 0.498. The minimum absolute atomic E-state index is 0.0569. The zero-order valence-electron chi connectivity index (χ0n) is 20.9. The van der Waals surface area contributed by atoms with Gasteiger partial charge in [-0.05, 0) is 74.5 Å². The first-order chi connectivity index (χ1) is 18.2. The van der Waals surface area contributed by atoms with Crippen molar-refractivity contribution in [2.75, 3.05) is 26.7 Å². The van der Waals surface area contributed by atoms with Crippen molar-refractivity contribution < 1.29 is 27.8 Å². The van der Waals surface area contributed by atoms with Gasteiger partial charge in [0.15, 0.2) is 0 Å². The molecule has 0 radical (unpaired) electrons. The number of benzene rings is 2. The van der Waals surface area contributed by atoms with Gasteiger partial charge < -0.3 is 9.84 Å². The molecule has 2 aromatic carbocycles. The number of hydrogen-bond acceptors (Lipinski definition) is 4. The second-order valence-corrected chi connectivity index (χ2v) is 10.1. The fraction of sp³-hybridized carbons (Fsp3) is 0.379. The van der Waals surface area contributed by atoms with E-state index in [-0.39, 0.29) is 23.4 Å². The standard InChI is InChI=1S/C29H28ClF3N2O3/c1-38-21-6-7-26-22(16-21)28(23(30)18-34-26)24(32)8-9-29(17-27(36)37)10-13-35(14-11-29)12-2-3-19-4-5-20(31)15-25(19)33/h4-7,15-16,18,24H,8-14,17H2,1H3,(H,36,37)/t24-/m0/s1. The zero-order chi connectivity index (χ0) is 27.3. The van der Waals surface area contributed by atoms with Gasteiger partial charge in [-0.25, -0.2) is 13.2 Å². The summed E-state index contributed by atoms with van der Waals surface area (Å²) in [7, 11) is 1.53.